The molecule has 0 aliphatic carbocycles. The second-order valence-corrected chi connectivity index (χ2v) is 9.17. The van der Waals surface area contributed by atoms with E-state index in [-0.39, 0.29) is 18.4 Å². The molecule has 4 rings (SSSR count). The van der Waals surface area contributed by atoms with Crippen molar-refractivity contribution in [2.24, 2.45) is 0 Å². The average molecular weight is 506 g/mol. The van der Waals surface area contributed by atoms with Gasteiger partial charge in [-0.05, 0) is 43.3 Å². The van der Waals surface area contributed by atoms with Crippen LogP contribution >= 0.6 is 34.5 Å². The quantitative estimate of drug-likeness (QED) is 0.485. The predicted molar refractivity (Wildman–Crippen MR) is 131 cm³/mol. The summed E-state index contributed by atoms with van der Waals surface area (Å²) < 4.78 is 10.9. The summed E-state index contributed by atoms with van der Waals surface area (Å²) in [6.45, 7) is 2.07. The number of hydrogen-bond donors (Lipinski definition) is 1. The second kappa shape index (κ2) is 10.1. The number of thiazole rings is 1. The Labute approximate surface area is 205 Å². The zero-order valence-corrected chi connectivity index (χ0v) is 20.3. The van der Waals surface area contributed by atoms with Gasteiger partial charge in [-0.2, -0.15) is 0 Å². The molecule has 1 N–H and O–H groups in total. The molecule has 0 saturated heterocycles. The lowest BCUT2D eigenvalue weighted by Crippen LogP contribution is -2.47. The van der Waals surface area contributed by atoms with Gasteiger partial charge in [0.1, 0.15) is 12.3 Å². The fraction of sp³-hybridized carbons (Fsp3) is 0.261. The van der Waals surface area contributed by atoms with E-state index in [0.717, 1.165) is 22.7 Å². The molecule has 3 aromatic rings. The molecular formula is C23H21Cl2N3O4S. The van der Waals surface area contributed by atoms with Gasteiger partial charge in [0.25, 0.3) is 5.91 Å². The van der Waals surface area contributed by atoms with Crippen LogP contribution in [0.5, 0.6) is 5.75 Å². The Hall–Kier alpha value is -2.65. The molecule has 2 heterocycles. The van der Waals surface area contributed by atoms with Crippen LogP contribution in [0.25, 0.3) is 11.3 Å². The highest BCUT2D eigenvalue weighted by molar-refractivity contribution is 7.09. The van der Waals surface area contributed by atoms with Crippen LogP contribution < -0.4 is 15.0 Å². The van der Waals surface area contributed by atoms with E-state index in [2.05, 4.69) is 10.3 Å². The summed E-state index contributed by atoms with van der Waals surface area (Å²) in [6.07, 6.45) is 0.0210. The topological polar surface area (TPSA) is 80.8 Å². The van der Waals surface area contributed by atoms with Crippen molar-refractivity contribution in [3.63, 3.8) is 0 Å². The number of fused-ring (bicyclic) bond motifs is 1. The Morgan fingerprint density at radius 1 is 1.24 bits per heavy atom. The zero-order chi connectivity index (χ0) is 23.5. The summed E-state index contributed by atoms with van der Waals surface area (Å²) in [5.41, 5.74) is 2.63. The molecule has 0 spiro atoms. The Morgan fingerprint density at radius 3 is 2.82 bits per heavy atom. The van der Waals surface area contributed by atoms with Crippen LogP contribution in [-0.4, -0.2) is 43.2 Å². The van der Waals surface area contributed by atoms with E-state index in [0.29, 0.717) is 33.8 Å². The van der Waals surface area contributed by atoms with Crippen LogP contribution in [-0.2, 0) is 20.7 Å². The first-order valence-electron chi connectivity index (χ1n) is 10.2. The standard InChI is InChI=1S/C23H21Cl2N3O4S/c1-13-23(30)28(11-21(29)26-15-4-5-16(24)17(25)10-15)19-9-14(3-6-20(19)32-13)18-12-33-22(27-18)7-8-31-2/h3-6,9-10,12-13H,7-8,11H2,1-2H3,(H,26,29). The van der Waals surface area contributed by atoms with E-state index in [1.807, 2.05) is 17.5 Å². The largest absolute Gasteiger partial charge is 0.479 e. The number of anilines is 2. The summed E-state index contributed by atoms with van der Waals surface area (Å²) in [5, 5.41) is 6.39. The maximum Gasteiger partial charge on any atom is 0.268 e. The molecule has 0 fully saturated rings. The van der Waals surface area contributed by atoms with Gasteiger partial charge in [0, 0.05) is 30.2 Å². The molecule has 172 valence electrons. The number of benzene rings is 2. The van der Waals surface area contributed by atoms with Crippen LogP contribution in [0.15, 0.2) is 41.8 Å². The van der Waals surface area contributed by atoms with Crippen molar-refractivity contribution in [2.45, 2.75) is 19.4 Å². The lowest BCUT2D eigenvalue weighted by Gasteiger charge is -2.32. The van der Waals surface area contributed by atoms with Crippen molar-refractivity contribution < 1.29 is 19.1 Å². The van der Waals surface area contributed by atoms with Crippen molar-refractivity contribution in [3.8, 4) is 17.0 Å². The van der Waals surface area contributed by atoms with E-state index < -0.39 is 6.10 Å². The number of methoxy groups -OCH3 is 1. The Morgan fingerprint density at radius 2 is 2.06 bits per heavy atom. The molecule has 1 unspecified atom stereocenters. The lowest BCUT2D eigenvalue weighted by atomic mass is 10.1. The minimum Gasteiger partial charge on any atom is -0.479 e. The van der Waals surface area contributed by atoms with Crippen LogP contribution in [0.3, 0.4) is 0 Å². The number of aromatic nitrogens is 1. The Balaban J connectivity index is 1.58. The first kappa shape index (κ1) is 23.5. The monoisotopic (exact) mass is 505 g/mol. The highest BCUT2D eigenvalue weighted by Gasteiger charge is 2.33. The Bertz CT molecular complexity index is 1200. The molecule has 10 heteroatoms. The smallest absolute Gasteiger partial charge is 0.268 e. The second-order valence-electron chi connectivity index (χ2n) is 7.41. The van der Waals surface area contributed by atoms with Crippen molar-refractivity contribution >= 4 is 57.7 Å². The van der Waals surface area contributed by atoms with Gasteiger partial charge in [-0.1, -0.05) is 23.2 Å². The first-order valence-corrected chi connectivity index (χ1v) is 11.8. The molecular weight excluding hydrogens is 485 g/mol. The SMILES string of the molecule is COCCc1nc(-c2ccc3c(c2)N(CC(=O)Nc2ccc(Cl)c(Cl)c2)C(=O)C(C)O3)cs1. The predicted octanol–water partition coefficient (Wildman–Crippen LogP) is 5.06. The molecule has 7 nitrogen and oxygen atoms in total. The molecule has 33 heavy (non-hydrogen) atoms. The van der Waals surface area contributed by atoms with E-state index in [1.165, 1.54) is 4.90 Å². The number of nitrogens with zero attached hydrogens (tertiary/aromatic N) is 2. The number of hydrogen-bond acceptors (Lipinski definition) is 6. The number of rotatable bonds is 7. The molecule has 1 aliphatic rings. The van der Waals surface area contributed by atoms with Crippen LogP contribution in [0, 0.1) is 0 Å². The van der Waals surface area contributed by atoms with Gasteiger partial charge in [-0.25, -0.2) is 4.98 Å². The summed E-state index contributed by atoms with van der Waals surface area (Å²) in [6, 6.07) is 10.3. The van der Waals surface area contributed by atoms with Crippen molar-refractivity contribution in [1.29, 1.82) is 0 Å². The van der Waals surface area contributed by atoms with E-state index in [9.17, 15) is 9.59 Å². The molecule has 0 radical (unpaired) electrons. The number of halogens is 2. The third kappa shape index (κ3) is 5.30. The zero-order valence-electron chi connectivity index (χ0n) is 17.9. The van der Waals surface area contributed by atoms with Gasteiger partial charge in [0.15, 0.2) is 6.10 Å². The van der Waals surface area contributed by atoms with Crippen LogP contribution in [0.1, 0.15) is 11.9 Å². The number of carbonyl (C=O) groups is 2. The highest BCUT2D eigenvalue weighted by atomic mass is 35.5. The van der Waals surface area contributed by atoms with Crippen LogP contribution in [0.2, 0.25) is 10.0 Å². The number of carbonyl (C=O) groups excluding carboxylic acids is 2. The third-order valence-electron chi connectivity index (χ3n) is 5.04. The number of nitrogens with one attached hydrogen (secondary N) is 1. The van der Waals surface area contributed by atoms with Gasteiger partial charge < -0.3 is 14.8 Å². The molecule has 1 aromatic heterocycles. The first-order chi connectivity index (χ1) is 15.9. The summed E-state index contributed by atoms with van der Waals surface area (Å²) in [4.78, 5) is 31.7. The maximum atomic E-state index is 12.9. The van der Waals surface area contributed by atoms with Gasteiger partial charge in [-0.3, -0.25) is 14.5 Å². The van der Waals surface area contributed by atoms with Crippen molar-refractivity contribution in [2.75, 3.05) is 30.5 Å². The van der Waals surface area contributed by atoms with Gasteiger partial charge in [0.05, 0.1) is 33.0 Å². The number of amides is 2. The van der Waals surface area contributed by atoms with Crippen molar-refractivity contribution in [3.05, 3.63) is 56.8 Å². The van der Waals surface area contributed by atoms with E-state index >= 15 is 0 Å². The number of ether oxygens (including phenoxy) is 2. The molecule has 1 atom stereocenters. The highest BCUT2D eigenvalue weighted by Crippen LogP contribution is 2.38. The van der Waals surface area contributed by atoms with Crippen molar-refractivity contribution in [1.82, 2.24) is 4.98 Å². The Kier molecular flexibility index (Phi) is 7.19. The van der Waals surface area contributed by atoms with Gasteiger partial charge in [0.2, 0.25) is 5.91 Å². The van der Waals surface area contributed by atoms with Gasteiger partial charge >= 0.3 is 0 Å². The van der Waals surface area contributed by atoms with Gasteiger partial charge in [-0.15, -0.1) is 11.3 Å². The average Bonchev–Trinajstić information content (AvgIpc) is 3.27. The fourth-order valence-electron chi connectivity index (χ4n) is 3.40. The normalized spacial score (nSPS) is 15.2. The van der Waals surface area contributed by atoms with E-state index in [4.69, 9.17) is 32.7 Å². The summed E-state index contributed by atoms with van der Waals surface area (Å²) >= 11 is 13.5. The van der Waals surface area contributed by atoms with Crippen LogP contribution in [0.4, 0.5) is 11.4 Å². The lowest BCUT2D eigenvalue weighted by molar-refractivity contribution is -0.127. The fourth-order valence-corrected chi connectivity index (χ4v) is 4.48. The summed E-state index contributed by atoms with van der Waals surface area (Å²) in [7, 11) is 1.66. The molecule has 2 aromatic carbocycles. The minimum atomic E-state index is -0.707. The minimum absolute atomic E-state index is 0.181. The molecule has 2 amide bonds. The third-order valence-corrected chi connectivity index (χ3v) is 6.69. The van der Waals surface area contributed by atoms with E-state index in [1.54, 1.807) is 49.6 Å². The summed E-state index contributed by atoms with van der Waals surface area (Å²) in [5.74, 6) is -0.145. The molecule has 1 aliphatic heterocycles. The molecule has 0 saturated carbocycles. The molecule has 0 bridgehead atoms. The maximum absolute atomic E-state index is 12.9.